The van der Waals surface area contributed by atoms with Crippen molar-refractivity contribution in [2.75, 3.05) is 11.9 Å². The Labute approximate surface area is 142 Å². The predicted molar refractivity (Wildman–Crippen MR) is 97.0 cm³/mol. The molecule has 126 valence electrons. The highest BCUT2D eigenvalue weighted by Gasteiger charge is 2.24. The maximum Gasteiger partial charge on any atom is 0.107 e. The van der Waals surface area contributed by atoms with Crippen LogP contribution in [0.25, 0.3) is 10.9 Å². The number of rotatable bonds is 6. The Bertz CT molecular complexity index is 838. The molecule has 1 atom stereocenters. The van der Waals surface area contributed by atoms with Crippen molar-refractivity contribution >= 4 is 16.6 Å². The van der Waals surface area contributed by atoms with Gasteiger partial charge in [-0.15, -0.1) is 0 Å². The van der Waals surface area contributed by atoms with Crippen molar-refractivity contribution in [2.24, 2.45) is 7.05 Å². The van der Waals surface area contributed by atoms with Gasteiger partial charge in [-0.3, -0.25) is 9.67 Å². The SMILES string of the molecule is CCCc1cc(NCC(C)(O)c2cnn(C)c2)c2ccccc2n1. The summed E-state index contributed by atoms with van der Waals surface area (Å²) >= 11 is 0. The van der Waals surface area contributed by atoms with Gasteiger partial charge in [-0.25, -0.2) is 0 Å². The second-order valence-electron chi connectivity index (χ2n) is 6.46. The van der Waals surface area contributed by atoms with Crippen LogP contribution in [-0.2, 0) is 19.1 Å². The van der Waals surface area contributed by atoms with Crippen molar-refractivity contribution in [1.82, 2.24) is 14.8 Å². The fourth-order valence-corrected chi connectivity index (χ4v) is 2.83. The van der Waals surface area contributed by atoms with Crippen LogP contribution in [-0.4, -0.2) is 26.4 Å². The Morgan fingerprint density at radius 3 is 2.79 bits per heavy atom. The van der Waals surface area contributed by atoms with Crippen molar-refractivity contribution in [2.45, 2.75) is 32.3 Å². The highest BCUT2D eigenvalue weighted by molar-refractivity contribution is 5.91. The van der Waals surface area contributed by atoms with Crippen LogP contribution in [0.4, 0.5) is 5.69 Å². The molecule has 24 heavy (non-hydrogen) atoms. The van der Waals surface area contributed by atoms with E-state index in [1.165, 1.54) is 0 Å². The zero-order valence-electron chi connectivity index (χ0n) is 14.5. The van der Waals surface area contributed by atoms with Crippen LogP contribution >= 0.6 is 0 Å². The lowest BCUT2D eigenvalue weighted by atomic mass is 9.99. The molecule has 0 bridgehead atoms. The Morgan fingerprint density at radius 1 is 1.29 bits per heavy atom. The predicted octanol–water partition coefficient (Wildman–Crippen LogP) is 3.24. The van der Waals surface area contributed by atoms with Crippen LogP contribution in [0, 0.1) is 0 Å². The highest BCUT2D eigenvalue weighted by Crippen LogP contribution is 2.26. The number of hydrogen-bond donors (Lipinski definition) is 2. The molecular formula is C19H24N4O. The highest BCUT2D eigenvalue weighted by atomic mass is 16.3. The average Bonchev–Trinajstić information content (AvgIpc) is 3.00. The number of nitrogens with zero attached hydrogens (tertiary/aromatic N) is 3. The van der Waals surface area contributed by atoms with Crippen LogP contribution in [0.2, 0.25) is 0 Å². The van der Waals surface area contributed by atoms with E-state index in [1.807, 2.05) is 31.4 Å². The van der Waals surface area contributed by atoms with Crippen LogP contribution in [0.1, 0.15) is 31.5 Å². The average molecular weight is 324 g/mol. The molecule has 0 spiro atoms. The van der Waals surface area contributed by atoms with Crippen molar-refractivity contribution < 1.29 is 5.11 Å². The maximum absolute atomic E-state index is 10.8. The molecule has 0 aliphatic carbocycles. The van der Waals surface area contributed by atoms with Crippen molar-refractivity contribution in [3.63, 3.8) is 0 Å². The molecule has 5 nitrogen and oxygen atoms in total. The molecule has 2 aromatic heterocycles. The first kappa shape index (κ1) is 16.5. The third kappa shape index (κ3) is 3.41. The summed E-state index contributed by atoms with van der Waals surface area (Å²) < 4.78 is 1.70. The minimum Gasteiger partial charge on any atom is -0.383 e. The van der Waals surface area contributed by atoms with Gasteiger partial charge < -0.3 is 10.4 Å². The molecule has 0 amide bonds. The van der Waals surface area contributed by atoms with Gasteiger partial charge in [0.15, 0.2) is 0 Å². The molecule has 0 saturated heterocycles. The second-order valence-corrected chi connectivity index (χ2v) is 6.46. The van der Waals surface area contributed by atoms with Gasteiger partial charge in [0.25, 0.3) is 0 Å². The minimum atomic E-state index is -0.996. The van der Waals surface area contributed by atoms with Gasteiger partial charge in [-0.2, -0.15) is 5.10 Å². The summed E-state index contributed by atoms with van der Waals surface area (Å²) in [7, 11) is 1.85. The number of benzene rings is 1. The number of fused-ring (bicyclic) bond motifs is 1. The smallest absolute Gasteiger partial charge is 0.107 e. The molecule has 2 N–H and O–H groups in total. The van der Waals surface area contributed by atoms with E-state index in [1.54, 1.807) is 17.8 Å². The second kappa shape index (κ2) is 6.61. The van der Waals surface area contributed by atoms with Gasteiger partial charge in [0.05, 0.1) is 11.7 Å². The zero-order valence-corrected chi connectivity index (χ0v) is 14.5. The summed E-state index contributed by atoms with van der Waals surface area (Å²) in [5, 5.41) is 19.4. The molecule has 1 aromatic carbocycles. The number of hydrogen-bond acceptors (Lipinski definition) is 4. The Balaban J connectivity index is 1.88. The number of aryl methyl sites for hydroxylation is 2. The van der Waals surface area contributed by atoms with E-state index in [2.05, 4.69) is 29.5 Å². The Morgan fingerprint density at radius 2 is 2.08 bits per heavy atom. The number of aliphatic hydroxyl groups is 1. The first-order valence-corrected chi connectivity index (χ1v) is 8.33. The van der Waals surface area contributed by atoms with E-state index in [0.717, 1.165) is 40.7 Å². The largest absolute Gasteiger partial charge is 0.383 e. The number of para-hydroxylation sites is 1. The van der Waals surface area contributed by atoms with Gasteiger partial charge in [-0.05, 0) is 25.5 Å². The first-order valence-electron chi connectivity index (χ1n) is 8.33. The molecule has 1 unspecified atom stereocenters. The Hall–Kier alpha value is -2.40. The van der Waals surface area contributed by atoms with Crippen molar-refractivity contribution in [3.05, 3.63) is 54.0 Å². The zero-order chi connectivity index (χ0) is 17.2. The minimum absolute atomic E-state index is 0.401. The van der Waals surface area contributed by atoms with Gasteiger partial charge in [0.1, 0.15) is 5.60 Å². The van der Waals surface area contributed by atoms with Crippen molar-refractivity contribution in [3.8, 4) is 0 Å². The summed E-state index contributed by atoms with van der Waals surface area (Å²) in [6.45, 7) is 4.35. The van der Waals surface area contributed by atoms with Crippen LogP contribution in [0.15, 0.2) is 42.7 Å². The van der Waals surface area contributed by atoms with E-state index < -0.39 is 5.60 Å². The van der Waals surface area contributed by atoms with E-state index in [9.17, 15) is 5.11 Å². The fraction of sp³-hybridized carbons (Fsp3) is 0.368. The molecule has 0 fully saturated rings. The van der Waals surface area contributed by atoms with Crippen molar-refractivity contribution in [1.29, 1.82) is 0 Å². The lowest BCUT2D eigenvalue weighted by Crippen LogP contribution is -2.30. The Kier molecular flexibility index (Phi) is 4.53. The molecule has 5 heteroatoms. The van der Waals surface area contributed by atoms with E-state index in [4.69, 9.17) is 4.98 Å². The van der Waals surface area contributed by atoms with E-state index in [0.29, 0.717) is 6.54 Å². The summed E-state index contributed by atoms with van der Waals surface area (Å²) in [6.07, 6.45) is 5.54. The topological polar surface area (TPSA) is 63.0 Å². The summed E-state index contributed by atoms with van der Waals surface area (Å²) in [4.78, 5) is 4.72. The molecule has 3 rings (SSSR count). The van der Waals surface area contributed by atoms with Gasteiger partial charge in [-0.1, -0.05) is 31.5 Å². The van der Waals surface area contributed by atoms with Crippen LogP contribution in [0.3, 0.4) is 0 Å². The fourth-order valence-electron chi connectivity index (χ4n) is 2.83. The standard InChI is InChI=1S/C19H24N4O/c1-4-7-15-10-18(16-8-5-6-9-17(16)22-15)20-13-19(2,24)14-11-21-23(3)12-14/h5-6,8-12,24H,4,7,13H2,1-3H3,(H,20,22). The molecular weight excluding hydrogens is 300 g/mol. The molecule has 3 aromatic rings. The quantitative estimate of drug-likeness (QED) is 0.731. The number of aromatic nitrogens is 3. The van der Waals surface area contributed by atoms with Crippen LogP contribution < -0.4 is 5.32 Å². The lowest BCUT2D eigenvalue weighted by Gasteiger charge is -2.23. The maximum atomic E-state index is 10.8. The molecule has 0 aliphatic rings. The summed E-state index contributed by atoms with van der Waals surface area (Å²) in [5.41, 5.74) is 2.85. The molecule has 0 radical (unpaired) electrons. The lowest BCUT2D eigenvalue weighted by molar-refractivity contribution is 0.0715. The molecule has 0 saturated carbocycles. The normalized spacial score (nSPS) is 13.8. The summed E-state index contributed by atoms with van der Waals surface area (Å²) in [5.74, 6) is 0. The van der Waals surface area contributed by atoms with Crippen LogP contribution in [0.5, 0.6) is 0 Å². The van der Waals surface area contributed by atoms with Gasteiger partial charge in [0.2, 0.25) is 0 Å². The molecule has 2 heterocycles. The van der Waals surface area contributed by atoms with E-state index in [-0.39, 0.29) is 0 Å². The van der Waals surface area contributed by atoms with Gasteiger partial charge in [0, 0.05) is 42.1 Å². The van der Waals surface area contributed by atoms with E-state index >= 15 is 0 Å². The van der Waals surface area contributed by atoms with Gasteiger partial charge >= 0.3 is 0 Å². The number of nitrogens with one attached hydrogen (secondary N) is 1. The first-order chi connectivity index (χ1) is 11.5. The number of anilines is 1. The third-order valence-corrected chi connectivity index (χ3v) is 4.23. The molecule has 0 aliphatic heterocycles. The third-order valence-electron chi connectivity index (χ3n) is 4.23. The monoisotopic (exact) mass is 324 g/mol. The summed E-state index contributed by atoms with van der Waals surface area (Å²) in [6, 6.07) is 10.2. The number of pyridine rings is 1.